The van der Waals surface area contributed by atoms with E-state index in [4.69, 9.17) is 16.7 Å². The highest BCUT2D eigenvalue weighted by atomic mass is 35.5. The first-order valence-corrected chi connectivity index (χ1v) is 4.84. The van der Waals surface area contributed by atoms with Crippen LogP contribution < -0.4 is 0 Å². The second-order valence-corrected chi connectivity index (χ2v) is 4.14. The van der Waals surface area contributed by atoms with Crippen LogP contribution in [0.3, 0.4) is 0 Å². The fourth-order valence-electron chi connectivity index (χ4n) is 1.53. The van der Waals surface area contributed by atoms with Crippen LogP contribution >= 0.6 is 11.6 Å². The molecular formula is C10H10ClNO2. The molecule has 14 heavy (non-hydrogen) atoms. The van der Waals surface area contributed by atoms with Gasteiger partial charge in [0.25, 0.3) is 0 Å². The van der Waals surface area contributed by atoms with Gasteiger partial charge in [0, 0.05) is 12.4 Å². The molecule has 1 aliphatic rings. The van der Waals surface area contributed by atoms with Gasteiger partial charge in [-0.2, -0.15) is 0 Å². The number of carboxylic acids is 1. The van der Waals surface area contributed by atoms with Gasteiger partial charge < -0.3 is 5.11 Å². The summed E-state index contributed by atoms with van der Waals surface area (Å²) in [6, 6.07) is 1.78. The van der Waals surface area contributed by atoms with Crippen LogP contribution in [0.4, 0.5) is 0 Å². The Morgan fingerprint density at radius 3 is 2.86 bits per heavy atom. The van der Waals surface area contributed by atoms with E-state index in [-0.39, 0.29) is 0 Å². The van der Waals surface area contributed by atoms with Gasteiger partial charge in [0.15, 0.2) is 0 Å². The maximum Gasteiger partial charge on any atom is 0.309 e. The molecule has 0 bridgehead atoms. The predicted molar refractivity (Wildman–Crippen MR) is 52.3 cm³/mol. The summed E-state index contributed by atoms with van der Waals surface area (Å²) in [6.45, 7) is 0. The zero-order valence-electron chi connectivity index (χ0n) is 7.53. The molecule has 1 aliphatic carbocycles. The molecule has 0 spiro atoms. The normalized spacial score (nSPS) is 17.8. The van der Waals surface area contributed by atoms with E-state index in [2.05, 4.69) is 4.98 Å². The van der Waals surface area contributed by atoms with Crippen LogP contribution in [0.25, 0.3) is 0 Å². The lowest BCUT2D eigenvalue weighted by Crippen LogP contribution is -2.17. The van der Waals surface area contributed by atoms with Crippen LogP contribution in [0.2, 0.25) is 5.02 Å². The molecule has 0 aromatic carbocycles. The Kier molecular flexibility index (Phi) is 2.19. The standard InChI is InChI=1S/C10H10ClNO2/c11-8-6-12-4-1-7(8)5-10(2-3-10)9(13)14/h1,4,6H,2-3,5H2,(H,13,14). The Labute approximate surface area is 86.7 Å². The average molecular weight is 212 g/mol. The van der Waals surface area contributed by atoms with Gasteiger partial charge in [0.05, 0.1) is 10.4 Å². The van der Waals surface area contributed by atoms with Crippen LogP contribution in [0, 0.1) is 5.41 Å². The third-order valence-corrected chi connectivity index (χ3v) is 3.03. The highest BCUT2D eigenvalue weighted by Crippen LogP contribution is 2.49. The molecule has 2 rings (SSSR count). The Balaban J connectivity index is 2.19. The van der Waals surface area contributed by atoms with Crippen LogP contribution in [0.15, 0.2) is 18.5 Å². The lowest BCUT2D eigenvalue weighted by atomic mass is 9.97. The Bertz CT molecular complexity index is 374. The molecule has 1 heterocycles. The summed E-state index contributed by atoms with van der Waals surface area (Å²) in [4.78, 5) is 14.8. The van der Waals surface area contributed by atoms with Crippen LogP contribution in [-0.2, 0) is 11.2 Å². The van der Waals surface area contributed by atoms with Crippen molar-refractivity contribution in [3.8, 4) is 0 Å². The molecule has 0 saturated heterocycles. The van der Waals surface area contributed by atoms with E-state index in [0.717, 1.165) is 18.4 Å². The summed E-state index contributed by atoms with van der Waals surface area (Å²) < 4.78 is 0. The maximum atomic E-state index is 10.9. The third-order valence-electron chi connectivity index (χ3n) is 2.69. The van der Waals surface area contributed by atoms with E-state index >= 15 is 0 Å². The highest BCUT2D eigenvalue weighted by molar-refractivity contribution is 6.31. The minimum Gasteiger partial charge on any atom is -0.481 e. The predicted octanol–water partition coefficient (Wildman–Crippen LogP) is 2.14. The van der Waals surface area contributed by atoms with E-state index in [1.165, 1.54) is 0 Å². The summed E-state index contributed by atoms with van der Waals surface area (Å²) in [6.07, 6.45) is 5.21. The molecule has 0 atom stereocenters. The summed E-state index contributed by atoms with van der Waals surface area (Å²) in [7, 11) is 0. The van der Waals surface area contributed by atoms with Gasteiger partial charge >= 0.3 is 5.97 Å². The Morgan fingerprint density at radius 1 is 1.64 bits per heavy atom. The molecule has 0 radical (unpaired) electrons. The van der Waals surface area contributed by atoms with Crippen molar-refractivity contribution in [3.63, 3.8) is 0 Å². The summed E-state index contributed by atoms with van der Waals surface area (Å²) >= 11 is 5.91. The second kappa shape index (κ2) is 3.24. The lowest BCUT2D eigenvalue weighted by Gasteiger charge is -2.10. The van der Waals surface area contributed by atoms with Gasteiger partial charge in [-0.1, -0.05) is 11.6 Å². The van der Waals surface area contributed by atoms with E-state index in [1.807, 2.05) is 0 Å². The molecule has 0 unspecified atom stereocenters. The van der Waals surface area contributed by atoms with Crippen molar-refractivity contribution >= 4 is 17.6 Å². The van der Waals surface area contributed by atoms with Gasteiger partial charge in [-0.25, -0.2) is 0 Å². The Morgan fingerprint density at radius 2 is 2.36 bits per heavy atom. The second-order valence-electron chi connectivity index (χ2n) is 3.73. The number of hydrogen-bond donors (Lipinski definition) is 1. The van der Waals surface area contributed by atoms with Crippen LogP contribution in [-0.4, -0.2) is 16.1 Å². The largest absolute Gasteiger partial charge is 0.481 e. The summed E-state index contributed by atoms with van der Waals surface area (Å²) in [5.74, 6) is -0.717. The summed E-state index contributed by atoms with van der Waals surface area (Å²) in [5.41, 5.74) is 0.326. The van der Waals surface area contributed by atoms with E-state index in [1.54, 1.807) is 18.5 Å². The fraction of sp³-hybridized carbons (Fsp3) is 0.400. The first-order chi connectivity index (χ1) is 6.64. The number of nitrogens with zero attached hydrogens (tertiary/aromatic N) is 1. The molecule has 4 heteroatoms. The molecule has 0 aliphatic heterocycles. The van der Waals surface area contributed by atoms with Gasteiger partial charge in [-0.05, 0) is 30.9 Å². The number of carbonyl (C=O) groups is 1. The van der Waals surface area contributed by atoms with Gasteiger partial charge in [0.1, 0.15) is 0 Å². The topological polar surface area (TPSA) is 50.2 Å². The van der Waals surface area contributed by atoms with Crippen molar-refractivity contribution in [1.29, 1.82) is 0 Å². The average Bonchev–Trinajstić information content (AvgIpc) is 2.90. The van der Waals surface area contributed by atoms with Crippen molar-refractivity contribution in [3.05, 3.63) is 29.0 Å². The van der Waals surface area contributed by atoms with Gasteiger partial charge in [0.2, 0.25) is 0 Å². The van der Waals surface area contributed by atoms with Crippen molar-refractivity contribution in [2.45, 2.75) is 19.3 Å². The molecule has 1 N–H and O–H groups in total. The van der Waals surface area contributed by atoms with E-state index in [9.17, 15) is 4.79 Å². The van der Waals surface area contributed by atoms with E-state index in [0.29, 0.717) is 11.4 Å². The number of hydrogen-bond acceptors (Lipinski definition) is 2. The van der Waals surface area contributed by atoms with Crippen molar-refractivity contribution in [1.82, 2.24) is 4.98 Å². The van der Waals surface area contributed by atoms with Crippen LogP contribution in [0.5, 0.6) is 0 Å². The molecule has 74 valence electrons. The molecule has 3 nitrogen and oxygen atoms in total. The Hall–Kier alpha value is -1.09. The van der Waals surface area contributed by atoms with Gasteiger partial charge in [-0.15, -0.1) is 0 Å². The molecule has 1 fully saturated rings. The maximum absolute atomic E-state index is 10.9. The van der Waals surface area contributed by atoms with E-state index < -0.39 is 11.4 Å². The first-order valence-electron chi connectivity index (χ1n) is 4.46. The number of aliphatic carboxylic acids is 1. The zero-order chi connectivity index (χ0) is 10.2. The minimum atomic E-state index is -0.717. The number of halogens is 1. The lowest BCUT2D eigenvalue weighted by molar-refractivity contribution is -0.143. The minimum absolute atomic E-state index is 0.518. The molecule has 1 aromatic rings. The monoisotopic (exact) mass is 211 g/mol. The van der Waals surface area contributed by atoms with Crippen molar-refractivity contribution in [2.24, 2.45) is 5.41 Å². The van der Waals surface area contributed by atoms with Crippen LogP contribution in [0.1, 0.15) is 18.4 Å². The summed E-state index contributed by atoms with van der Waals surface area (Å²) in [5, 5.41) is 9.55. The highest BCUT2D eigenvalue weighted by Gasteiger charge is 2.50. The van der Waals surface area contributed by atoms with Crippen molar-refractivity contribution < 1.29 is 9.90 Å². The number of pyridine rings is 1. The van der Waals surface area contributed by atoms with Gasteiger partial charge in [-0.3, -0.25) is 9.78 Å². The molecular weight excluding hydrogens is 202 g/mol. The smallest absolute Gasteiger partial charge is 0.309 e. The number of aromatic nitrogens is 1. The number of rotatable bonds is 3. The molecule has 1 aromatic heterocycles. The molecule has 0 amide bonds. The van der Waals surface area contributed by atoms with Crippen molar-refractivity contribution in [2.75, 3.05) is 0 Å². The first kappa shape index (κ1) is 9.46. The quantitative estimate of drug-likeness (QED) is 0.834. The zero-order valence-corrected chi connectivity index (χ0v) is 8.29. The molecule has 1 saturated carbocycles. The SMILES string of the molecule is O=C(O)C1(Cc2ccncc2Cl)CC1. The fourth-order valence-corrected chi connectivity index (χ4v) is 1.72. The number of carboxylic acid groups (broad SMARTS) is 1. The third kappa shape index (κ3) is 1.60.